The van der Waals surface area contributed by atoms with Gasteiger partial charge in [0.15, 0.2) is 0 Å². The lowest BCUT2D eigenvalue weighted by Crippen LogP contribution is -2.59. The number of anilines is 1. The summed E-state index contributed by atoms with van der Waals surface area (Å²) in [5, 5.41) is 23.3. The molecule has 1 aromatic carbocycles. The SMILES string of the molecule is Cc1cc(C)nc(O[C@H](C(=O)O)[C@@]2(C3=CCCC=C3)NCC(=O)N(CCO)c3ccccc32)n1. The number of β-amino-alcohol motifs (C(OH)–C–C–N with tert-alkyl or cyclic N) is 1. The van der Waals surface area contributed by atoms with Crippen molar-refractivity contribution in [3.63, 3.8) is 0 Å². The maximum absolute atomic E-state index is 13.1. The normalized spacial score (nSPS) is 20.9. The van der Waals surface area contributed by atoms with E-state index in [0.29, 0.717) is 28.2 Å². The first-order chi connectivity index (χ1) is 16.4. The summed E-state index contributed by atoms with van der Waals surface area (Å²) in [5.74, 6) is -1.51. The molecule has 4 rings (SSSR count). The standard InChI is InChI=1S/C25H28N4O5/c1-16-14-17(2)28-24(27-16)34-22(23(32)33)25(18-8-4-3-5-9-18)19-10-6-7-11-20(19)29(12-13-30)21(31)15-26-25/h4,6-11,14,22,26,30H,3,5,12-13,15H2,1-2H3,(H,32,33)/t22-,25+/m1/s1. The molecule has 0 saturated carbocycles. The van der Waals surface area contributed by atoms with E-state index < -0.39 is 17.6 Å². The number of hydrogen-bond acceptors (Lipinski definition) is 7. The van der Waals surface area contributed by atoms with Crippen LogP contribution in [0.1, 0.15) is 29.8 Å². The van der Waals surface area contributed by atoms with Gasteiger partial charge < -0.3 is 19.8 Å². The molecule has 0 fully saturated rings. The fourth-order valence-electron chi connectivity index (χ4n) is 4.65. The second kappa shape index (κ2) is 9.74. The molecule has 0 radical (unpaired) electrons. The summed E-state index contributed by atoms with van der Waals surface area (Å²) in [6, 6.07) is 8.84. The fraction of sp³-hybridized carbons (Fsp3) is 0.360. The quantitative estimate of drug-likeness (QED) is 0.569. The van der Waals surface area contributed by atoms with E-state index in [1.807, 2.05) is 18.2 Å². The second-order valence-corrected chi connectivity index (χ2v) is 8.36. The Bertz CT molecular complexity index is 1140. The zero-order valence-electron chi connectivity index (χ0n) is 19.2. The number of carbonyl (C=O) groups excluding carboxylic acids is 1. The number of rotatable bonds is 7. The molecule has 1 aliphatic heterocycles. The van der Waals surface area contributed by atoms with Crippen LogP contribution >= 0.6 is 0 Å². The number of ether oxygens (including phenoxy) is 1. The van der Waals surface area contributed by atoms with Crippen LogP contribution in [0.25, 0.3) is 0 Å². The smallest absolute Gasteiger partial charge is 0.347 e. The maximum atomic E-state index is 13.1. The average Bonchev–Trinajstić information content (AvgIpc) is 2.93. The van der Waals surface area contributed by atoms with Gasteiger partial charge in [-0.05, 0) is 44.4 Å². The van der Waals surface area contributed by atoms with Crippen molar-refractivity contribution in [1.82, 2.24) is 15.3 Å². The largest absolute Gasteiger partial charge is 0.478 e. The summed E-state index contributed by atoms with van der Waals surface area (Å²) in [4.78, 5) is 36.0. The summed E-state index contributed by atoms with van der Waals surface area (Å²) >= 11 is 0. The number of aryl methyl sites for hydroxylation is 2. The zero-order valence-corrected chi connectivity index (χ0v) is 19.2. The van der Waals surface area contributed by atoms with Crippen LogP contribution in [0.2, 0.25) is 0 Å². The van der Waals surface area contributed by atoms with Gasteiger partial charge >= 0.3 is 12.0 Å². The van der Waals surface area contributed by atoms with Gasteiger partial charge in [-0.1, -0.05) is 36.4 Å². The summed E-state index contributed by atoms with van der Waals surface area (Å²) in [5.41, 5.74) is 1.64. The van der Waals surface area contributed by atoms with Crippen molar-refractivity contribution < 1.29 is 24.5 Å². The molecule has 1 aliphatic carbocycles. The van der Waals surface area contributed by atoms with Crippen molar-refractivity contribution in [2.45, 2.75) is 38.3 Å². The number of aliphatic hydroxyl groups excluding tert-OH is 1. The molecule has 3 N–H and O–H groups in total. The van der Waals surface area contributed by atoms with E-state index in [1.165, 1.54) is 4.90 Å². The van der Waals surface area contributed by atoms with E-state index in [9.17, 15) is 19.8 Å². The minimum atomic E-state index is -1.49. The van der Waals surface area contributed by atoms with Crippen molar-refractivity contribution in [3.8, 4) is 6.01 Å². The van der Waals surface area contributed by atoms with E-state index in [2.05, 4.69) is 15.3 Å². The van der Waals surface area contributed by atoms with Crippen LogP contribution in [0, 0.1) is 13.8 Å². The Morgan fingerprint density at radius 3 is 2.62 bits per heavy atom. The lowest BCUT2D eigenvalue weighted by Gasteiger charge is -2.40. The number of nitrogens with one attached hydrogen (secondary N) is 1. The monoisotopic (exact) mass is 464 g/mol. The minimum absolute atomic E-state index is 0.0493. The van der Waals surface area contributed by atoms with Crippen molar-refractivity contribution in [2.24, 2.45) is 0 Å². The molecule has 9 nitrogen and oxygen atoms in total. The highest BCUT2D eigenvalue weighted by molar-refractivity contribution is 5.97. The second-order valence-electron chi connectivity index (χ2n) is 8.36. The molecular weight excluding hydrogens is 436 g/mol. The molecule has 0 bridgehead atoms. The number of para-hydroxylation sites is 1. The molecule has 0 unspecified atom stereocenters. The zero-order chi connectivity index (χ0) is 24.3. The summed E-state index contributed by atoms with van der Waals surface area (Å²) in [6.07, 6.45) is 5.88. The van der Waals surface area contributed by atoms with Crippen LogP contribution in [0.3, 0.4) is 0 Å². The number of benzene rings is 1. The number of hydrogen-bond donors (Lipinski definition) is 3. The third kappa shape index (κ3) is 4.32. The van der Waals surface area contributed by atoms with E-state index >= 15 is 0 Å². The third-order valence-corrected chi connectivity index (χ3v) is 6.02. The van der Waals surface area contributed by atoms with Gasteiger partial charge in [-0.25, -0.2) is 14.8 Å². The van der Waals surface area contributed by atoms with E-state index in [1.54, 1.807) is 44.2 Å². The van der Waals surface area contributed by atoms with E-state index in [4.69, 9.17) is 4.74 Å². The first kappa shape index (κ1) is 23.6. The van der Waals surface area contributed by atoms with Gasteiger partial charge in [-0.3, -0.25) is 10.1 Å². The molecule has 9 heteroatoms. The Morgan fingerprint density at radius 2 is 1.97 bits per heavy atom. The van der Waals surface area contributed by atoms with Gasteiger partial charge in [0.25, 0.3) is 0 Å². The molecule has 178 valence electrons. The van der Waals surface area contributed by atoms with E-state index in [0.717, 1.165) is 12.8 Å². The van der Waals surface area contributed by atoms with Crippen molar-refractivity contribution >= 4 is 17.6 Å². The number of allylic oxidation sites excluding steroid dienone is 2. The molecule has 2 aliphatic rings. The summed E-state index contributed by atoms with van der Waals surface area (Å²) < 4.78 is 6.04. The number of carboxylic acid groups (broad SMARTS) is 1. The maximum Gasteiger partial charge on any atom is 0.347 e. The Kier molecular flexibility index (Phi) is 6.76. The van der Waals surface area contributed by atoms with Crippen molar-refractivity contribution in [2.75, 3.05) is 24.6 Å². The van der Waals surface area contributed by atoms with Gasteiger partial charge in [0.1, 0.15) is 5.54 Å². The van der Waals surface area contributed by atoms with Crippen LogP contribution < -0.4 is 15.0 Å². The Balaban J connectivity index is 1.96. The lowest BCUT2D eigenvalue weighted by atomic mass is 9.75. The number of fused-ring (bicyclic) bond motifs is 1. The minimum Gasteiger partial charge on any atom is -0.478 e. The van der Waals surface area contributed by atoms with E-state index in [-0.39, 0.29) is 31.6 Å². The van der Waals surface area contributed by atoms with Gasteiger partial charge in [0.05, 0.1) is 13.2 Å². The van der Waals surface area contributed by atoms with Crippen LogP contribution in [-0.4, -0.2) is 57.9 Å². The topological polar surface area (TPSA) is 125 Å². The fourth-order valence-corrected chi connectivity index (χ4v) is 4.65. The average molecular weight is 465 g/mol. The molecule has 1 amide bonds. The highest BCUT2D eigenvalue weighted by Gasteiger charge is 2.52. The number of aromatic nitrogens is 2. The highest BCUT2D eigenvalue weighted by atomic mass is 16.5. The third-order valence-electron chi connectivity index (χ3n) is 6.02. The van der Waals surface area contributed by atoms with Gasteiger partial charge in [-0.15, -0.1) is 0 Å². The molecular formula is C25H28N4O5. The van der Waals surface area contributed by atoms with Crippen molar-refractivity contribution in [3.05, 3.63) is 71.1 Å². The van der Waals surface area contributed by atoms with Gasteiger partial charge in [0, 0.05) is 29.2 Å². The molecule has 1 aromatic heterocycles. The van der Waals surface area contributed by atoms with Gasteiger partial charge in [-0.2, -0.15) is 0 Å². The van der Waals surface area contributed by atoms with Gasteiger partial charge in [0.2, 0.25) is 12.0 Å². The van der Waals surface area contributed by atoms with Crippen LogP contribution in [0.15, 0.2) is 54.1 Å². The number of nitrogens with zero attached hydrogens (tertiary/aromatic N) is 3. The number of carbonyl (C=O) groups is 2. The first-order valence-corrected chi connectivity index (χ1v) is 11.2. The number of carboxylic acids is 1. The molecule has 2 heterocycles. The Hall–Kier alpha value is -3.56. The predicted octanol–water partition coefficient (Wildman–Crippen LogP) is 2.03. The molecule has 2 atom stereocenters. The Morgan fingerprint density at radius 1 is 1.24 bits per heavy atom. The molecule has 2 aromatic rings. The van der Waals surface area contributed by atoms with Crippen molar-refractivity contribution in [1.29, 1.82) is 0 Å². The molecule has 0 spiro atoms. The summed E-state index contributed by atoms with van der Waals surface area (Å²) in [6.45, 7) is 3.27. The van der Waals surface area contributed by atoms with Crippen LogP contribution in [-0.2, 0) is 15.1 Å². The van der Waals surface area contributed by atoms with Crippen LogP contribution in [0.4, 0.5) is 5.69 Å². The predicted molar refractivity (Wildman–Crippen MR) is 126 cm³/mol. The molecule has 34 heavy (non-hydrogen) atoms. The number of amides is 1. The lowest BCUT2D eigenvalue weighted by molar-refractivity contribution is -0.149. The number of aliphatic carboxylic acids is 1. The molecule has 0 saturated heterocycles. The first-order valence-electron chi connectivity index (χ1n) is 11.2. The highest BCUT2D eigenvalue weighted by Crippen LogP contribution is 2.43. The Labute approximate surface area is 197 Å². The van der Waals surface area contributed by atoms with Crippen LogP contribution in [0.5, 0.6) is 6.01 Å². The summed E-state index contributed by atoms with van der Waals surface area (Å²) in [7, 11) is 0. The number of aliphatic hydroxyl groups is 1.